The van der Waals surface area contributed by atoms with Crippen molar-refractivity contribution in [2.75, 3.05) is 7.11 Å². The van der Waals surface area contributed by atoms with Crippen LogP contribution >= 0.6 is 11.6 Å². The van der Waals surface area contributed by atoms with E-state index in [1.807, 2.05) is 6.07 Å². The molecule has 1 N–H and O–H groups in total. The van der Waals surface area contributed by atoms with Gasteiger partial charge in [-0.2, -0.15) is 0 Å². The first kappa shape index (κ1) is 11.6. The fourth-order valence-electron chi connectivity index (χ4n) is 1.12. The average Bonchev–Trinajstić information content (AvgIpc) is 2.26. The third-order valence-electron chi connectivity index (χ3n) is 1.89. The zero-order chi connectivity index (χ0) is 11.3. The van der Waals surface area contributed by atoms with Crippen LogP contribution in [0.25, 0.3) is 0 Å². The fraction of sp³-hybridized carbons (Fsp3) is 0.182. The van der Waals surface area contributed by atoms with Crippen LogP contribution in [0, 0.1) is 0 Å². The summed E-state index contributed by atoms with van der Waals surface area (Å²) in [6.45, 7) is 3.76. The summed E-state index contributed by atoms with van der Waals surface area (Å²) in [5.74, 6) is 0.443. The minimum atomic E-state index is -0.216. The summed E-state index contributed by atoms with van der Waals surface area (Å²) in [6, 6.07) is 5.26. The Kier molecular flexibility index (Phi) is 4.18. The lowest BCUT2D eigenvalue weighted by molar-refractivity contribution is -0.116. The Morgan fingerprint density at radius 3 is 3.00 bits per heavy atom. The van der Waals surface area contributed by atoms with Crippen LogP contribution in [0.5, 0.6) is 5.75 Å². The molecule has 1 amide bonds. The monoisotopic (exact) mass is 225 g/mol. The van der Waals surface area contributed by atoms with E-state index in [2.05, 4.69) is 11.9 Å². The highest BCUT2D eigenvalue weighted by Crippen LogP contribution is 2.22. The lowest BCUT2D eigenvalue weighted by Gasteiger charge is -2.08. The molecule has 0 heterocycles. The van der Waals surface area contributed by atoms with Crippen molar-refractivity contribution in [1.29, 1.82) is 0 Å². The van der Waals surface area contributed by atoms with Crippen LogP contribution in [0.2, 0.25) is 5.02 Å². The number of hydrogen-bond acceptors (Lipinski definition) is 2. The molecule has 0 aliphatic rings. The molecule has 0 saturated carbocycles. The van der Waals surface area contributed by atoms with E-state index in [0.717, 1.165) is 5.56 Å². The van der Waals surface area contributed by atoms with Gasteiger partial charge in [-0.05, 0) is 18.2 Å². The molecule has 0 aromatic heterocycles. The van der Waals surface area contributed by atoms with Gasteiger partial charge in [-0.1, -0.05) is 24.2 Å². The van der Waals surface area contributed by atoms with Gasteiger partial charge in [0, 0.05) is 17.1 Å². The predicted molar refractivity (Wildman–Crippen MR) is 60.0 cm³/mol. The summed E-state index contributed by atoms with van der Waals surface area (Å²) in [7, 11) is 1.56. The molecule has 0 fully saturated rings. The number of carbonyl (C=O) groups excluding carboxylic acids is 1. The van der Waals surface area contributed by atoms with E-state index in [1.54, 1.807) is 19.2 Å². The van der Waals surface area contributed by atoms with Gasteiger partial charge in [-0.15, -0.1) is 0 Å². The molecule has 1 aromatic rings. The number of nitrogens with one attached hydrogen (secondary N) is 1. The maximum absolute atomic E-state index is 11.0. The summed E-state index contributed by atoms with van der Waals surface area (Å²) in [6.07, 6.45) is 1.22. The fourth-order valence-corrected chi connectivity index (χ4v) is 1.28. The number of methoxy groups -OCH3 is 1. The topological polar surface area (TPSA) is 38.3 Å². The molecule has 4 heteroatoms. The van der Waals surface area contributed by atoms with E-state index in [-0.39, 0.29) is 5.91 Å². The highest BCUT2D eigenvalue weighted by molar-refractivity contribution is 6.30. The van der Waals surface area contributed by atoms with Crippen molar-refractivity contribution >= 4 is 17.5 Å². The summed E-state index contributed by atoms with van der Waals surface area (Å²) < 4.78 is 5.13. The largest absolute Gasteiger partial charge is 0.496 e. The Bertz CT molecular complexity index is 377. The van der Waals surface area contributed by atoms with Gasteiger partial charge in [0.25, 0.3) is 0 Å². The van der Waals surface area contributed by atoms with Crippen molar-refractivity contribution in [1.82, 2.24) is 5.32 Å². The second-order valence-corrected chi connectivity index (χ2v) is 3.31. The average molecular weight is 226 g/mol. The summed E-state index contributed by atoms with van der Waals surface area (Å²) in [5, 5.41) is 3.27. The molecule has 1 aromatic carbocycles. The third-order valence-corrected chi connectivity index (χ3v) is 2.12. The van der Waals surface area contributed by atoms with Crippen LogP contribution in [0.1, 0.15) is 5.56 Å². The lowest BCUT2D eigenvalue weighted by Crippen LogP contribution is -2.20. The minimum Gasteiger partial charge on any atom is -0.496 e. The molecule has 0 bridgehead atoms. The number of halogens is 1. The molecule has 0 aliphatic carbocycles. The lowest BCUT2D eigenvalue weighted by atomic mass is 10.2. The SMILES string of the molecule is C=CC(=O)NCc1ccc(Cl)cc1OC. The van der Waals surface area contributed by atoms with Crippen molar-refractivity contribution in [2.45, 2.75) is 6.54 Å². The van der Waals surface area contributed by atoms with Gasteiger partial charge in [0.2, 0.25) is 5.91 Å². The van der Waals surface area contributed by atoms with Crippen molar-refractivity contribution in [2.24, 2.45) is 0 Å². The van der Waals surface area contributed by atoms with Crippen LogP contribution in [0.3, 0.4) is 0 Å². The van der Waals surface area contributed by atoms with E-state index in [0.29, 0.717) is 17.3 Å². The molecular formula is C11H12ClNO2. The van der Waals surface area contributed by atoms with Crippen LogP contribution in [-0.2, 0) is 11.3 Å². The summed E-state index contributed by atoms with van der Waals surface area (Å²) in [5.41, 5.74) is 0.872. The first-order chi connectivity index (χ1) is 7.17. The zero-order valence-electron chi connectivity index (χ0n) is 8.42. The second-order valence-electron chi connectivity index (χ2n) is 2.88. The molecule has 1 rings (SSSR count). The van der Waals surface area contributed by atoms with Gasteiger partial charge < -0.3 is 10.1 Å². The maximum atomic E-state index is 11.0. The number of benzene rings is 1. The van der Waals surface area contributed by atoms with Crippen LogP contribution in [-0.4, -0.2) is 13.0 Å². The van der Waals surface area contributed by atoms with Gasteiger partial charge in [0.1, 0.15) is 5.75 Å². The van der Waals surface area contributed by atoms with Gasteiger partial charge >= 0.3 is 0 Å². The van der Waals surface area contributed by atoms with E-state index in [9.17, 15) is 4.79 Å². The predicted octanol–water partition coefficient (Wildman–Crippen LogP) is 2.15. The van der Waals surface area contributed by atoms with Gasteiger partial charge in [-0.3, -0.25) is 4.79 Å². The standard InChI is InChI=1S/C11H12ClNO2/c1-3-11(14)13-7-8-4-5-9(12)6-10(8)15-2/h3-6H,1,7H2,2H3,(H,13,14). The molecular weight excluding hydrogens is 214 g/mol. The van der Waals surface area contributed by atoms with E-state index in [1.165, 1.54) is 6.08 Å². The van der Waals surface area contributed by atoms with Crippen LogP contribution < -0.4 is 10.1 Å². The third kappa shape index (κ3) is 3.29. The normalized spacial score (nSPS) is 9.47. The van der Waals surface area contributed by atoms with Crippen molar-refractivity contribution in [3.05, 3.63) is 41.4 Å². The molecule has 0 spiro atoms. The van der Waals surface area contributed by atoms with Gasteiger partial charge in [0.15, 0.2) is 0 Å². The highest BCUT2D eigenvalue weighted by atomic mass is 35.5. The van der Waals surface area contributed by atoms with Crippen LogP contribution in [0.4, 0.5) is 0 Å². The molecule has 15 heavy (non-hydrogen) atoms. The molecule has 0 radical (unpaired) electrons. The van der Waals surface area contributed by atoms with Crippen molar-refractivity contribution in [3.8, 4) is 5.75 Å². The Morgan fingerprint density at radius 2 is 2.40 bits per heavy atom. The molecule has 0 aliphatic heterocycles. The minimum absolute atomic E-state index is 0.216. The summed E-state index contributed by atoms with van der Waals surface area (Å²) in [4.78, 5) is 11.0. The number of amides is 1. The Balaban J connectivity index is 2.76. The number of carbonyl (C=O) groups is 1. The van der Waals surface area contributed by atoms with Crippen molar-refractivity contribution < 1.29 is 9.53 Å². The second kappa shape index (κ2) is 5.41. The highest BCUT2D eigenvalue weighted by Gasteiger charge is 2.04. The van der Waals surface area contributed by atoms with E-state index in [4.69, 9.17) is 16.3 Å². The number of hydrogen-bond donors (Lipinski definition) is 1. The first-order valence-electron chi connectivity index (χ1n) is 4.40. The Hall–Kier alpha value is -1.48. The van der Waals surface area contributed by atoms with Gasteiger partial charge in [0.05, 0.1) is 7.11 Å². The van der Waals surface area contributed by atoms with Crippen LogP contribution in [0.15, 0.2) is 30.9 Å². The Morgan fingerprint density at radius 1 is 1.67 bits per heavy atom. The Labute approximate surface area is 93.7 Å². The van der Waals surface area contributed by atoms with E-state index < -0.39 is 0 Å². The molecule has 0 saturated heterocycles. The smallest absolute Gasteiger partial charge is 0.243 e. The number of rotatable bonds is 4. The molecule has 3 nitrogen and oxygen atoms in total. The first-order valence-corrected chi connectivity index (χ1v) is 4.78. The molecule has 0 atom stereocenters. The maximum Gasteiger partial charge on any atom is 0.243 e. The van der Waals surface area contributed by atoms with E-state index >= 15 is 0 Å². The molecule has 0 unspecified atom stereocenters. The zero-order valence-corrected chi connectivity index (χ0v) is 9.17. The number of ether oxygens (including phenoxy) is 1. The quantitative estimate of drug-likeness (QED) is 0.798. The van der Waals surface area contributed by atoms with Crippen molar-refractivity contribution in [3.63, 3.8) is 0 Å². The summed E-state index contributed by atoms with van der Waals surface area (Å²) >= 11 is 5.80. The van der Waals surface area contributed by atoms with Gasteiger partial charge in [-0.25, -0.2) is 0 Å². The molecule has 80 valence electrons.